The number of anilines is 1. The molecule has 3 N–H and O–H groups in total. The van der Waals surface area contributed by atoms with Gasteiger partial charge in [-0.25, -0.2) is 4.79 Å². The van der Waals surface area contributed by atoms with Gasteiger partial charge in [0.15, 0.2) is 5.65 Å². The Kier molecular flexibility index (Phi) is 4.06. The van der Waals surface area contributed by atoms with Crippen molar-refractivity contribution in [2.24, 2.45) is 0 Å². The second kappa shape index (κ2) is 5.78. The number of fused-ring (bicyclic) bond motifs is 1. The van der Waals surface area contributed by atoms with Gasteiger partial charge in [-0.15, -0.1) is 10.2 Å². The van der Waals surface area contributed by atoms with Crippen molar-refractivity contribution in [2.75, 3.05) is 5.32 Å². The maximum absolute atomic E-state index is 12.0. The van der Waals surface area contributed by atoms with Gasteiger partial charge in [0.1, 0.15) is 0 Å². The van der Waals surface area contributed by atoms with Crippen molar-refractivity contribution in [1.82, 2.24) is 19.9 Å². The summed E-state index contributed by atoms with van der Waals surface area (Å²) in [4.78, 5) is 22.5. The Morgan fingerprint density at radius 1 is 1.33 bits per heavy atom. The number of aromatic nitrogens is 3. The van der Waals surface area contributed by atoms with Crippen LogP contribution in [-0.4, -0.2) is 37.2 Å². The first-order valence-electron chi connectivity index (χ1n) is 6.48. The van der Waals surface area contributed by atoms with Crippen LogP contribution in [0.2, 0.25) is 0 Å². The van der Waals surface area contributed by atoms with E-state index in [1.807, 2.05) is 6.07 Å². The smallest absolute Gasteiger partial charge is 0.322 e. The third kappa shape index (κ3) is 3.91. The Morgan fingerprint density at radius 3 is 2.81 bits per heavy atom. The van der Waals surface area contributed by atoms with Crippen molar-refractivity contribution < 1.29 is 14.7 Å². The summed E-state index contributed by atoms with van der Waals surface area (Å²) in [6, 6.07) is 4.94. The number of urea groups is 1. The number of amides is 2. The standard InChI is InChI=1S/C13H17N5O3/c1-13(2,7-6-10(19)20)15-12(21)14-11-17-16-9-5-3-4-8-18(9)11/h3-5,8H,6-7H2,1-2H3,(H,19,20)(H2,14,15,17,21). The molecule has 2 heterocycles. The second-order valence-corrected chi connectivity index (χ2v) is 5.31. The molecular weight excluding hydrogens is 274 g/mol. The van der Waals surface area contributed by atoms with E-state index in [4.69, 9.17) is 5.11 Å². The van der Waals surface area contributed by atoms with Crippen molar-refractivity contribution >= 4 is 23.6 Å². The number of nitrogens with one attached hydrogen (secondary N) is 2. The molecule has 2 aromatic heterocycles. The Morgan fingerprint density at radius 2 is 2.10 bits per heavy atom. The molecule has 21 heavy (non-hydrogen) atoms. The summed E-state index contributed by atoms with van der Waals surface area (Å²) < 4.78 is 1.64. The average Bonchev–Trinajstić information content (AvgIpc) is 2.79. The Labute approximate surface area is 121 Å². The van der Waals surface area contributed by atoms with Gasteiger partial charge >= 0.3 is 12.0 Å². The highest BCUT2D eigenvalue weighted by Gasteiger charge is 2.22. The number of pyridine rings is 1. The lowest BCUT2D eigenvalue weighted by Gasteiger charge is -2.25. The molecule has 2 amide bonds. The molecule has 0 atom stereocenters. The van der Waals surface area contributed by atoms with Gasteiger partial charge < -0.3 is 10.4 Å². The van der Waals surface area contributed by atoms with Crippen molar-refractivity contribution in [3.05, 3.63) is 24.4 Å². The molecule has 0 saturated carbocycles. The largest absolute Gasteiger partial charge is 0.481 e. The van der Waals surface area contributed by atoms with Gasteiger partial charge in [0.05, 0.1) is 0 Å². The van der Waals surface area contributed by atoms with E-state index >= 15 is 0 Å². The van der Waals surface area contributed by atoms with Crippen LogP contribution in [0.1, 0.15) is 26.7 Å². The van der Waals surface area contributed by atoms with Gasteiger partial charge in [-0.2, -0.15) is 0 Å². The third-order valence-corrected chi connectivity index (χ3v) is 2.95. The van der Waals surface area contributed by atoms with E-state index in [2.05, 4.69) is 20.8 Å². The van der Waals surface area contributed by atoms with Crippen molar-refractivity contribution in [3.8, 4) is 0 Å². The molecule has 0 aliphatic heterocycles. The Bertz CT molecular complexity index is 665. The first-order valence-corrected chi connectivity index (χ1v) is 6.48. The number of aliphatic carboxylic acids is 1. The van der Waals surface area contributed by atoms with Crippen LogP contribution in [0.25, 0.3) is 5.65 Å². The summed E-state index contributed by atoms with van der Waals surface area (Å²) in [5.41, 5.74) is -0.0129. The number of hydrogen-bond acceptors (Lipinski definition) is 4. The third-order valence-electron chi connectivity index (χ3n) is 2.95. The zero-order chi connectivity index (χ0) is 15.5. The summed E-state index contributed by atoms with van der Waals surface area (Å²) >= 11 is 0. The number of carbonyl (C=O) groups excluding carboxylic acids is 1. The van der Waals surface area contributed by atoms with E-state index in [-0.39, 0.29) is 6.42 Å². The fraction of sp³-hybridized carbons (Fsp3) is 0.385. The van der Waals surface area contributed by atoms with Crippen molar-refractivity contribution in [1.29, 1.82) is 0 Å². The fourth-order valence-corrected chi connectivity index (χ4v) is 1.85. The Balaban J connectivity index is 2.00. The van der Waals surface area contributed by atoms with Crippen LogP contribution in [0, 0.1) is 0 Å². The SMILES string of the molecule is CC(C)(CCC(=O)O)NC(=O)Nc1nnc2ccccn12. The minimum Gasteiger partial charge on any atom is -0.481 e. The van der Waals surface area contributed by atoms with Gasteiger partial charge in [0, 0.05) is 18.2 Å². The summed E-state index contributed by atoms with van der Waals surface area (Å²) in [6.07, 6.45) is 2.05. The van der Waals surface area contributed by atoms with E-state index < -0.39 is 17.5 Å². The number of rotatable bonds is 5. The van der Waals surface area contributed by atoms with Crippen LogP contribution in [0.5, 0.6) is 0 Å². The van der Waals surface area contributed by atoms with Crippen LogP contribution in [0.3, 0.4) is 0 Å². The lowest BCUT2D eigenvalue weighted by atomic mass is 9.99. The highest BCUT2D eigenvalue weighted by molar-refractivity contribution is 5.88. The second-order valence-electron chi connectivity index (χ2n) is 5.31. The lowest BCUT2D eigenvalue weighted by Crippen LogP contribution is -2.46. The molecule has 0 fully saturated rings. The molecule has 8 heteroatoms. The highest BCUT2D eigenvalue weighted by atomic mass is 16.4. The van der Waals surface area contributed by atoms with E-state index in [0.717, 1.165) is 0 Å². The molecule has 8 nitrogen and oxygen atoms in total. The van der Waals surface area contributed by atoms with Crippen LogP contribution < -0.4 is 10.6 Å². The first kappa shape index (κ1) is 14.8. The number of carboxylic acid groups (broad SMARTS) is 1. The van der Waals surface area contributed by atoms with E-state index in [1.165, 1.54) is 0 Å². The molecule has 2 aromatic rings. The average molecular weight is 291 g/mol. The summed E-state index contributed by atoms with van der Waals surface area (Å²) in [5.74, 6) is -0.592. The monoisotopic (exact) mass is 291 g/mol. The maximum atomic E-state index is 12.0. The number of carbonyl (C=O) groups is 2. The fourth-order valence-electron chi connectivity index (χ4n) is 1.85. The molecule has 112 valence electrons. The molecule has 2 rings (SSSR count). The molecular formula is C13H17N5O3. The zero-order valence-electron chi connectivity index (χ0n) is 11.8. The van der Waals surface area contributed by atoms with Crippen LogP contribution >= 0.6 is 0 Å². The molecule has 0 aromatic carbocycles. The van der Waals surface area contributed by atoms with Crippen LogP contribution in [0.15, 0.2) is 24.4 Å². The number of hydrogen-bond donors (Lipinski definition) is 3. The molecule has 0 aliphatic rings. The normalized spacial score (nSPS) is 11.3. The summed E-state index contributed by atoms with van der Waals surface area (Å²) in [7, 11) is 0. The van der Waals surface area contributed by atoms with Gasteiger partial charge in [-0.05, 0) is 32.4 Å². The van der Waals surface area contributed by atoms with E-state index in [1.54, 1.807) is 36.6 Å². The van der Waals surface area contributed by atoms with E-state index in [0.29, 0.717) is 18.0 Å². The summed E-state index contributed by atoms with van der Waals surface area (Å²) in [6.45, 7) is 3.52. The predicted molar refractivity (Wildman–Crippen MR) is 76.1 cm³/mol. The minimum atomic E-state index is -0.895. The quantitative estimate of drug-likeness (QED) is 0.773. The van der Waals surface area contributed by atoms with E-state index in [9.17, 15) is 9.59 Å². The molecule has 0 bridgehead atoms. The van der Waals surface area contributed by atoms with Crippen molar-refractivity contribution in [3.63, 3.8) is 0 Å². The summed E-state index contributed by atoms with van der Waals surface area (Å²) in [5, 5.41) is 21.8. The molecule has 0 aliphatic carbocycles. The van der Waals surface area contributed by atoms with Gasteiger partial charge in [0.2, 0.25) is 5.95 Å². The zero-order valence-corrected chi connectivity index (χ0v) is 11.8. The number of carboxylic acids is 1. The molecule has 0 spiro atoms. The first-order chi connectivity index (χ1) is 9.87. The predicted octanol–water partition coefficient (Wildman–Crippen LogP) is 1.49. The Hall–Kier alpha value is -2.64. The molecule has 0 unspecified atom stereocenters. The minimum absolute atomic E-state index is 0.0128. The number of nitrogens with zero attached hydrogens (tertiary/aromatic N) is 3. The molecule has 0 saturated heterocycles. The maximum Gasteiger partial charge on any atom is 0.322 e. The van der Waals surface area contributed by atoms with Crippen LogP contribution in [0.4, 0.5) is 10.7 Å². The molecule has 0 radical (unpaired) electrons. The van der Waals surface area contributed by atoms with Gasteiger partial charge in [-0.3, -0.25) is 14.5 Å². The van der Waals surface area contributed by atoms with Crippen molar-refractivity contribution in [2.45, 2.75) is 32.2 Å². The van der Waals surface area contributed by atoms with Crippen LogP contribution in [-0.2, 0) is 4.79 Å². The van der Waals surface area contributed by atoms with Gasteiger partial charge in [0.25, 0.3) is 0 Å². The lowest BCUT2D eigenvalue weighted by molar-refractivity contribution is -0.137. The van der Waals surface area contributed by atoms with Gasteiger partial charge in [-0.1, -0.05) is 6.07 Å². The highest BCUT2D eigenvalue weighted by Crippen LogP contribution is 2.12. The topological polar surface area (TPSA) is 109 Å².